The van der Waals surface area contributed by atoms with E-state index in [1.807, 2.05) is 83.1 Å². The number of methoxy groups -OCH3 is 2. The van der Waals surface area contributed by atoms with Crippen LogP contribution in [0, 0.1) is 23.7 Å². The molecule has 5 rings (SSSR count). The van der Waals surface area contributed by atoms with Gasteiger partial charge in [0.15, 0.2) is 0 Å². The molecule has 2 aromatic carbocycles. The minimum Gasteiger partial charge on any atom is -0.453 e. The largest absolute Gasteiger partial charge is 0.453 e. The highest BCUT2D eigenvalue weighted by atomic mass is 16.5. The van der Waals surface area contributed by atoms with Crippen molar-refractivity contribution >= 4 is 24.0 Å². The lowest BCUT2D eigenvalue weighted by Crippen LogP contribution is -2.51. The van der Waals surface area contributed by atoms with Gasteiger partial charge in [0.1, 0.15) is 23.7 Å². The zero-order chi connectivity index (χ0) is 38.9. The van der Waals surface area contributed by atoms with Crippen LogP contribution in [-0.4, -0.2) is 81.7 Å². The van der Waals surface area contributed by atoms with Crippen LogP contribution < -0.4 is 16.0 Å². The zero-order valence-electron chi connectivity index (χ0n) is 31.7. The van der Waals surface area contributed by atoms with Crippen molar-refractivity contribution in [2.24, 2.45) is 11.8 Å². The molecule has 1 saturated heterocycles. The second kappa shape index (κ2) is 17.6. The van der Waals surface area contributed by atoms with Gasteiger partial charge in [-0.05, 0) is 67.0 Å². The molecule has 4 unspecified atom stereocenters. The van der Waals surface area contributed by atoms with Crippen LogP contribution in [0.1, 0.15) is 82.3 Å². The summed E-state index contributed by atoms with van der Waals surface area (Å²) in [7, 11) is 2.54. The summed E-state index contributed by atoms with van der Waals surface area (Å²) >= 11 is 0. The highest BCUT2D eigenvalue weighted by molar-refractivity contribution is 5.87. The molecule has 4 amide bonds. The number of aromatic amines is 2. The van der Waals surface area contributed by atoms with E-state index < -0.39 is 30.3 Å². The first-order chi connectivity index (χ1) is 25.9. The van der Waals surface area contributed by atoms with Gasteiger partial charge in [-0.2, -0.15) is 0 Å². The number of carbonyl (C=O) groups is 4. The van der Waals surface area contributed by atoms with Crippen LogP contribution in [0.5, 0.6) is 0 Å². The summed E-state index contributed by atoms with van der Waals surface area (Å²) in [5.41, 5.74) is 5.18. The Morgan fingerprint density at radius 1 is 0.741 bits per heavy atom. The van der Waals surface area contributed by atoms with Crippen molar-refractivity contribution in [3.05, 3.63) is 83.7 Å². The number of nitrogens with zero attached hydrogens (tertiary/aromatic N) is 3. The maximum atomic E-state index is 13.5. The van der Waals surface area contributed by atoms with Crippen LogP contribution in [-0.2, 0) is 19.1 Å². The first kappa shape index (κ1) is 39.1. The Morgan fingerprint density at radius 2 is 1.26 bits per heavy atom. The molecule has 0 spiro atoms. The Morgan fingerprint density at radius 3 is 1.80 bits per heavy atom. The second-order valence-corrected chi connectivity index (χ2v) is 13.9. The number of amides is 4. The maximum Gasteiger partial charge on any atom is 0.407 e. The number of aromatic nitrogens is 4. The van der Waals surface area contributed by atoms with E-state index in [1.165, 1.54) is 14.2 Å². The Labute approximate surface area is 315 Å². The van der Waals surface area contributed by atoms with Gasteiger partial charge >= 0.3 is 12.2 Å². The molecule has 5 N–H and O–H groups in total. The van der Waals surface area contributed by atoms with Gasteiger partial charge in [0.05, 0.1) is 50.1 Å². The summed E-state index contributed by atoms with van der Waals surface area (Å²) < 4.78 is 9.39. The summed E-state index contributed by atoms with van der Waals surface area (Å²) in [5, 5.41) is 8.16. The highest BCUT2D eigenvalue weighted by Crippen LogP contribution is 2.33. The Bertz CT molecular complexity index is 1990. The SMILES string of the molecule is COC(=O)NC(C(=O)NC(C)c1ncc(-c2ccc(C#Cc3ccc(-c4cnc(C5CCCN5C(=O)C(NC(=O)OC)C(C)C)[nH]4)cc3)cc2)[nH]1)C(C)C. The van der Waals surface area contributed by atoms with Crippen LogP contribution >= 0.6 is 0 Å². The molecule has 4 atom stereocenters. The lowest BCUT2D eigenvalue weighted by Gasteiger charge is -2.30. The predicted octanol–water partition coefficient (Wildman–Crippen LogP) is 5.47. The van der Waals surface area contributed by atoms with Gasteiger partial charge in [-0.1, -0.05) is 63.8 Å². The number of ether oxygens (including phenoxy) is 2. The quantitative estimate of drug-likeness (QED) is 0.126. The molecular weight excluding hydrogens is 688 g/mol. The van der Waals surface area contributed by atoms with E-state index in [0.29, 0.717) is 18.2 Å². The maximum absolute atomic E-state index is 13.5. The molecule has 4 aromatic rings. The normalized spacial score (nSPS) is 15.5. The standard InChI is InChI=1S/C40H48N8O6/c1-23(2)33(46-39(51)53-6)37(49)43-25(5)35-41-21-30(44-35)28-16-12-26(13-17-28)10-11-27-14-18-29(19-15-27)31-22-42-36(45-31)32-9-8-20-48(32)38(50)34(24(3)4)47-40(52)54-7/h12-19,21-25,32-34H,8-9,20H2,1-7H3,(H,41,44)(H,42,45)(H,43,49)(H,46,51)(H,47,52). The van der Waals surface area contributed by atoms with E-state index in [0.717, 1.165) is 46.5 Å². The van der Waals surface area contributed by atoms with Crippen LogP contribution in [0.3, 0.4) is 0 Å². The number of alkyl carbamates (subject to hydrolysis) is 2. The minimum atomic E-state index is -0.748. The predicted molar refractivity (Wildman–Crippen MR) is 203 cm³/mol. The van der Waals surface area contributed by atoms with E-state index in [2.05, 4.69) is 52.5 Å². The number of nitrogens with one attached hydrogen (secondary N) is 5. The average molecular weight is 737 g/mol. The van der Waals surface area contributed by atoms with Gasteiger partial charge in [0.25, 0.3) is 0 Å². The van der Waals surface area contributed by atoms with Crippen molar-refractivity contribution in [2.45, 2.75) is 71.6 Å². The van der Waals surface area contributed by atoms with E-state index >= 15 is 0 Å². The minimum absolute atomic E-state index is 0.108. The summed E-state index contributed by atoms with van der Waals surface area (Å²) in [4.78, 5) is 67.5. The Kier molecular flexibility index (Phi) is 12.8. The van der Waals surface area contributed by atoms with Crippen molar-refractivity contribution < 1.29 is 28.7 Å². The smallest absolute Gasteiger partial charge is 0.407 e. The summed E-state index contributed by atoms with van der Waals surface area (Å²) in [5.74, 6) is 7.00. The van der Waals surface area contributed by atoms with Crippen molar-refractivity contribution in [3.63, 3.8) is 0 Å². The number of carbonyl (C=O) groups excluding carboxylic acids is 4. The molecule has 0 bridgehead atoms. The number of hydrogen-bond acceptors (Lipinski definition) is 8. The van der Waals surface area contributed by atoms with Gasteiger partial charge < -0.3 is 40.3 Å². The summed E-state index contributed by atoms with van der Waals surface area (Å²) in [6.45, 7) is 9.87. The first-order valence-electron chi connectivity index (χ1n) is 18.0. The van der Waals surface area contributed by atoms with Crippen LogP contribution in [0.25, 0.3) is 22.5 Å². The summed E-state index contributed by atoms with van der Waals surface area (Å²) in [6.07, 6.45) is 3.81. The third-order valence-electron chi connectivity index (χ3n) is 9.35. The number of benzene rings is 2. The lowest BCUT2D eigenvalue weighted by molar-refractivity contribution is -0.135. The Hall–Kier alpha value is -6.10. The molecule has 1 fully saturated rings. The fourth-order valence-electron chi connectivity index (χ4n) is 6.25. The average Bonchev–Trinajstić information content (AvgIpc) is 3.96. The zero-order valence-corrected chi connectivity index (χ0v) is 31.7. The number of imidazole rings is 2. The Balaban J connectivity index is 1.19. The van der Waals surface area contributed by atoms with E-state index in [4.69, 9.17) is 4.74 Å². The van der Waals surface area contributed by atoms with Crippen LogP contribution in [0.4, 0.5) is 9.59 Å². The molecule has 2 aromatic heterocycles. The van der Waals surface area contributed by atoms with Crippen molar-refractivity contribution in [3.8, 4) is 34.4 Å². The van der Waals surface area contributed by atoms with E-state index in [-0.39, 0.29) is 29.7 Å². The molecule has 1 aliphatic heterocycles. The molecular formula is C40H48N8O6. The molecule has 14 nitrogen and oxygen atoms in total. The van der Waals surface area contributed by atoms with E-state index in [1.54, 1.807) is 17.3 Å². The number of H-pyrrole nitrogens is 2. The molecule has 0 radical (unpaired) electrons. The lowest BCUT2D eigenvalue weighted by atomic mass is 10.0. The van der Waals surface area contributed by atoms with Crippen molar-refractivity contribution in [2.75, 3.05) is 20.8 Å². The van der Waals surface area contributed by atoms with Gasteiger partial charge in [-0.25, -0.2) is 19.6 Å². The van der Waals surface area contributed by atoms with Gasteiger partial charge in [-0.3, -0.25) is 9.59 Å². The third-order valence-corrected chi connectivity index (χ3v) is 9.35. The van der Waals surface area contributed by atoms with Crippen molar-refractivity contribution in [1.82, 2.24) is 40.8 Å². The topological polar surface area (TPSA) is 183 Å². The van der Waals surface area contributed by atoms with Crippen LogP contribution in [0.15, 0.2) is 60.9 Å². The van der Waals surface area contributed by atoms with Crippen LogP contribution in [0.2, 0.25) is 0 Å². The highest BCUT2D eigenvalue weighted by Gasteiger charge is 2.37. The first-order valence-corrected chi connectivity index (χ1v) is 18.0. The molecule has 3 heterocycles. The molecule has 14 heteroatoms. The van der Waals surface area contributed by atoms with Gasteiger partial charge in [0, 0.05) is 17.7 Å². The summed E-state index contributed by atoms with van der Waals surface area (Å²) in [6, 6.07) is 13.6. The molecule has 0 saturated carbocycles. The van der Waals surface area contributed by atoms with Gasteiger partial charge in [-0.15, -0.1) is 0 Å². The number of rotatable bonds is 11. The molecule has 54 heavy (non-hydrogen) atoms. The fraction of sp³-hybridized carbons (Fsp3) is 0.400. The van der Waals surface area contributed by atoms with Gasteiger partial charge in [0.2, 0.25) is 11.8 Å². The number of likely N-dealkylation sites (tertiary alicyclic amines) is 1. The second-order valence-electron chi connectivity index (χ2n) is 13.9. The van der Waals surface area contributed by atoms with Crippen molar-refractivity contribution in [1.29, 1.82) is 0 Å². The monoisotopic (exact) mass is 736 g/mol. The third kappa shape index (κ3) is 9.46. The fourth-order valence-corrected chi connectivity index (χ4v) is 6.25. The van der Waals surface area contributed by atoms with E-state index in [9.17, 15) is 19.2 Å². The number of hydrogen-bond donors (Lipinski definition) is 5. The molecule has 284 valence electrons. The molecule has 0 aliphatic carbocycles. The molecule has 1 aliphatic rings.